The lowest BCUT2D eigenvalue weighted by molar-refractivity contribution is -0.134. The lowest BCUT2D eigenvalue weighted by Gasteiger charge is -2.19. The minimum Gasteiger partial charge on any atom is -0.463 e. The Kier molecular flexibility index (Phi) is 4.34. The van der Waals surface area contributed by atoms with Gasteiger partial charge in [0.15, 0.2) is 5.60 Å². The Balaban J connectivity index is 2.12. The van der Waals surface area contributed by atoms with Crippen LogP contribution in [0.3, 0.4) is 0 Å². The maximum absolute atomic E-state index is 11.5. The Hall–Kier alpha value is -1.86. The molecule has 2 heterocycles. The van der Waals surface area contributed by atoms with Gasteiger partial charge in [-0.15, -0.1) is 0 Å². The monoisotopic (exact) mass is 296 g/mol. The molecule has 0 bridgehead atoms. The van der Waals surface area contributed by atoms with E-state index in [-0.39, 0.29) is 12.3 Å². The van der Waals surface area contributed by atoms with E-state index in [2.05, 4.69) is 4.74 Å². The van der Waals surface area contributed by atoms with Gasteiger partial charge in [-0.2, -0.15) is 0 Å². The number of aliphatic hydroxyl groups is 1. The van der Waals surface area contributed by atoms with Crippen LogP contribution in [-0.2, 0) is 22.5 Å². The summed E-state index contributed by atoms with van der Waals surface area (Å²) >= 11 is 0. The number of rotatable bonds is 5. The number of amides is 1. The van der Waals surface area contributed by atoms with Crippen LogP contribution >= 0.6 is 0 Å². The van der Waals surface area contributed by atoms with E-state index in [0.717, 1.165) is 5.56 Å². The highest BCUT2D eigenvalue weighted by Gasteiger charge is 2.41. The summed E-state index contributed by atoms with van der Waals surface area (Å²) in [5.74, 6) is -0.368. The molecule has 0 aliphatic carbocycles. The molecular formula is C14H20N2O5. The molecule has 7 heteroatoms. The van der Waals surface area contributed by atoms with E-state index in [1.807, 2.05) is 11.8 Å². The van der Waals surface area contributed by atoms with Gasteiger partial charge in [-0.3, -0.25) is 9.69 Å². The number of primary amides is 1. The van der Waals surface area contributed by atoms with Crippen molar-refractivity contribution in [2.75, 3.05) is 20.2 Å². The summed E-state index contributed by atoms with van der Waals surface area (Å²) in [5, 5.41) is 10.1. The molecule has 1 saturated heterocycles. The first-order valence-corrected chi connectivity index (χ1v) is 6.84. The number of hydrogen-bond donors (Lipinski definition) is 2. The molecule has 7 nitrogen and oxygen atoms in total. The van der Waals surface area contributed by atoms with Crippen LogP contribution in [0.15, 0.2) is 10.5 Å². The minimum atomic E-state index is -1.47. The molecule has 1 aromatic rings. The molecule has 0 saturated carbocycles. The average Bonchev–Trinajstić information content (AvgIpc) is 3.03. The summed E-state index contributed by atoms with van der Waals surface area (Å²) in [6.07, 6.45) is 0.950. The second kappa shape index (κ2) is 5.87. The third-order valence-corrected chi connectivity index (χ3v) is 3.78. The van der Waals surface area contributed by atoms with Gasteiger partial charge in [0.05, 0.1) is 7.11 Å². The molecule has 0 spiro atoms. The van der Waals surface area contributed by atoms with Crippen LogP contribution < -0.4 is 5.73 Å². The predicted molar refractivity (Wildman–Crippen MR) is 73.5 cm³/mol. The number of carbonyl (C=O) groups is 2. The summed E-state index contributed by atoms with van der Waals surface area (Å²) in [6.45, 7) is 3.15. The van der Waals surface area contributed by atoms with Crippen molar-refractivity contribution < 1.29 is 23.8 Å². The third-order valence-electron chi connectivity index (χ3n) is 3.78. The first-order chi connectivity index (χ1) is 9.89. The van der Waals surface area contributed by atoms with E-state index < -0.39 is 17.5 Å². The van der Waals surface area contributed by atoms with Crippen molar-refractivity contribution in [3.63, 3.8) is 0 Å². The number of ether oxygens (including phenoxy) is 1. The number of aryl methyl sites for hydroxylation is 1. The first-order valence-electron chi connectivity index (χ1n) is 6.84. The van der Waals surface area contributed by atoms with Gasteiger partial charge in [-0.1, -0.05) is 6.92 Å². The van der Waals surface area contributed by atoms with Crippen molar-refractivity contribution in [3.8, 4) is 0 Å². The topological polar surface area (TPSA) is 106 Å². The zero-order valence-electron chi connectivity index (χ0n) is 12.2. The molecular weight excluding hydrogens is 276 g/mol. The number of nitrogens with two attached hydrogens (primary N) is 1. The Morgan fingerprint density at radius 2 is 2.29 bits per heavy atom. The van der Waals surface area contributed by atoms with Gasteiger partial charge in [0, 0.05) is 31.6 Å². The van der Waals surface area contributed by atoms with Crippen molar-refractivity contribution in [2.45, 2.75) is 31.9 Å². The Morgan fingerprint density at radius 1 is 1.57 bits per heavy atom. The largest absolute Gasteiger partial charge is 0.463 e. The van der Waals surface area contributed by atoms with Crippen LogP contribution in [0.25, 0.3) is 0 Å². The highest BCUT2D eigenvalue weighted by Crippen LogP contribution is 2.25. The molecule has 3 N–H and O–H groups in total. The third kappa shape index (κ3) is 3.08. The molecule has 1 amide bonds. The van der Waals surface area contributed by atoms with Crippen LogP contribution in [0.1, 0.15) is 35.2 Å². The Morgan fingerprint density at radius 3 is 2.81 bits per heavy atom. The van der Waals surface area contributed by atoms with Crippen LogP contribution in [0.4, 0.5) is 0 Å². The standard InChI is InChI=1S/C14H20N2O5/c1-3-10-9(6-11(21-10)12(17)20-2)7-16-5-4-14(19,8-16)13(15)18/h6,19H,3-5,7-8H2,1-2H3,(H2,15,18). The Bertz CT molecular complexity index is 554. The molecule has 0 radical (unpaired) electrons. The van der Waals surface area contributed by atoms with Crippen LogP contribution in [0.5, 0.6) is 0 Å². The second-order valence-electron chi connectivity index (χ2n) is 5.26. The summed E-state index contributed by atoms with van der Waals surface area (Å²) in [5.41, 5.74) is 4.59. The maximum Gasteiger partial charge on any atom is 0.373 e. The molecule has 0 aromatic carbocycles. The van der Waals surface area contributed by atoms with Crippen molar-refractivity contribution in [2.24, 2.45) is 5.73 Å². The fourth-order valence-electron chi connectivity index (χ4n) is 2.55. The number of likely N-dealkylation sites (tertiary alicyclic amines) is 1. The molecule has 21 heavy (non-hydrogen) atoms. The summed E-state index contributed by atoms with van der Waals surface area (Å²) in [4.78, 5) is 24.6. The van der Waals surface area contributed by atoms with Gasteiger partial charge in [0.25, 0.3) is 5.91 Å². The number of esters is 1. The summed E-state index contributed by atoms with van der Waals surface area (Å²) in [6, 6.07) is 1.65. The van der Waals surface area contributed by atoms with Gasteiger partial charge in [-0.05, 0) is 12.5 Å². The number of carbonyl (C=O) groups excluding carboxylic acids is 2. The Labute approximate surface area is 122 Å². The van der Waals surface area contributed by atoms with Gasteiger partial charge in [0.2, 0.25) is 5.76 Å². The quantitative estimate of drug-likeness (QED) is 0.744. The number of nitrogens with zero attached hydrogens (tertiary/aromatic N) is 1. The molecule has 1 aliphatic heterocycles. The van der Waals surface area contributed by atoms with Crippen LogP contribution in [0.2, 0.25) is 0 Å². The van der Waals surface area contributed by atoms with Crippen molar-refractivity contribution >= 4 is 11.9 Å². The number of hydrogen-bond acceptors (Lipinski definition) is 6. The van der Waals surface area contributed by atoms with Crippen molar-refractivity contribution in [1.82, 2.24) is 4.90 Å². The second-order valence-corrected chi connectivity index (χ2v) is 5.26. The van der Waals surface area contributed by atoms with Gasteiger partial charge < -0.3 is 20.0 Å². The molecule has 1 unspecified atom stereocenters. The van der Waals surface area contributed by atoms with Crippen molar-refractivity contribution in [3.05, 3.63) is 23.2 Å². The van der Waals surface area contributed by atoms with Gasteiger partial charge in [0.1, 0.15) is 5.76 Å². The fourth-order valence-corrected chi connectivity index (χ4v) is 2.55. The number of methoxy groups -OCH3 is 1. The fraction of sp³-hybridized carbons (Fsp3) is 0.571. The van der Waals surface area contributed by atoms with E-state index in [1.54, 1.807) is 6.07 Å². The predicted octanol–water partition coefficient (Wildman–Crippen LogP) is 0.0507. The minimum absolute atomic E-state index is 0.161. The maximum atomic E-state index is 11.5. The first kappa shape index (κ1) is 15.5. The van der Waals surface area contributed by atoms with E-state index in [9.17, 15) is 14.7 Å². The molecule has 1 aromatic heterocycles. The molecule has 2 rings (SSSR count). The molecule has 1 aliphatic rings. The van der Waals surface area contributed by atoms with E-state index >= 15 is 0 Å². The van der Waals surface area contributed by atoms with E-state index in [0.29, 0.717) is 31.7 Å². The van der Waals surface area contributed by atoms with E-state index in [1.165, 1.54) is 7.11 Å². The zero-order chi connectivity index (χ0) is 15.6. The molecule has 116 valence electrons. The number of β-amino-alcohol motifs (C(OH)–C–C–N with tert-alkyl or cyclic N) is 1. The molecule has 1 fully saturated rings. The summed E-state index contributed by atoms with van der Waals surface area (Å²) < 4.78 is 10.1. The molecule has 1 atom stereocenters. The van der Waals surface area contributed by atoms with Gasteiger partial charge in [-0.25, -0.2) is 4.79 Å². The smallest absolute Gasteiger partial charge is 0.373 e. The zero-order valence-corrected chi connectivity index (χ0v) is 12.2. The van der Waals surface area contributed by atoms with Gasteiger partial charge >= 0.3 is 5.97 Å². The SMILES string of the molecule is CCc1oc(C(=O)OC)cc1CN1CCC(O)(C(N)=O)C1. The van der Waals surface area contributed by atoms with Crippen LogP contribution in [-0.4, -0.2) is 47.7 Å². The number of furan rings is 1. The lowest BCUT2D eigenvalue weighted by atomic mass is 10.0. The lowest BCUT2D eigenvalue weighted by Crippen LogP contribution is -2.45. The van der Waals surface area contributed by atoms with Crippen molar-refractivity contribution in [1.29, 1.82) is 0 Å². The highest BCUT2D eigenvalue weighted by molar-refractivity contribution is 5.86. The average molecular weight is 296 g/mol. The van der Waals surface area contributed by atoms with Crippen LogP contribution in [0, 0.1) is 0 Å². The highest BCUT2D eigenvalue weighted by atomic mass is 16.5. The normalized spacial score (nSPS) is 22.4. The summed E-state index contributed by atoms with van der Waals surface area (Å²) in [7, 11) is 1.30. The van der Waals surface area contributed by atoms with E-state index in [4.69, 9.17) is 10.2 Å².